The van der Waals surface area contributed by atoms with E-state index in [0.29, 0.717) is 13.2 Å². The Morgan fingerprint density at radius 2 is 2.48 bits per heavy atom. The highest BCUT2D eigenvalue weighted by molar-refractivity contribution is 7.15. The molecule has 2 heterocycles. The summed E-state index contributed by atoms with van der Waals surface area (Å²) in [7, 11) is 1.89. The summed E-state index contributed by atoms with van der Waals surface area (Å²) in [5, 5.41) is 8.44. The van der Waals surface area contributed by atoms with E-state index in [4.69, 9.17) is 4.74 Å². The summed E-state index contributed by atoms with van der Waals surface area (Å²) in [5.74, 6) is -0.348. The van der Waals surface area contributed by atoms with Gasteiger partial charge >= 0.3 is 5.97 Å². The van der Waals surface area contributed by atoms with Crippen LogP contribution >= 0.6 is 11.3 Å². The topological polar surface area (TPSA) is 69.0 Å². The van der Waals surface area contributed by atoms with Gasteiger partial charge in [0, 0.05) is 18.1 Å². The fraction of sp³-hybridized carbons (Fsp3) is 0.500. The molecule has 0 saturated carbocycles. The fourth-order valence-corrected chi connectivity index (χ4v) is 3.53. The molecule has 112 valence electrons. The van der Waals surface area contributed by atoms with Crippen LogP contribution in [0.4, 0.5) is 5.13 Å². The monoisotopic (exact) mass is 306 g/mol. The fourth-order valence-electron chi connectivity index (χ4n) is 2.50. The zero-order chi connectivity index (χ0) is 14.8. The minimum absolute atomic E-state index is 0.155. The highest BCUT2D eigenvalue weighted by Gasteiger charge is 2.33. The van der Waals surface area contributed by atoms with Crippen LogP contribution < -0.4 is 5.32 Å². The number of aryl methyl sites for hydroxylation is 2. The number of hydrogen-bond donors (Lipinski definition) is 1. The quantitative estimate of drug-likeness (QED) is 0.857. The number of fused-ring (bicyclic) bond motifs is 1. The van der Waals surface area contributed by atoms with Crippen molar-refractivity contribution in [1.29, 1.82) is 0 Å². The Morgan fingerprint density at radius 1 is 1.62 bits per heavy atom. The van der Waals surface area contributed by atoms with Gasteiger partial charge in [-0.2, -0.15) is 5.10 Å². The standard InChI is InChI=1S/C14H18N4O2S/c1-3-20-13(19)10-4-5-11-12(10)16-14(21-11)15-8-9-6-7-18(2)17-9/h6-7,10H,3-5,8H2,1-2H3,(H,15,16). The summed E-state index contributed by atoms with van der Waals surface area (Å²) in [5.41, 5.74) is 1.86. The lowest BCUT2D eigenvalue weighted by molar-refractivity contribution is -0.145. The molecule has 6 nitrogen and oxygen atoms in total. The summed E-state index contributed by atoms with van der Waals surface area (Å²) in [6.07, 6.45) is 3.63. The van der Waals surface area contributed by atoms with Gasteiger partial charge in [0.1, 0.15) is 5.92 Å². The zero-order valence-electron chi connectivity index (χ0n) is 12.1. The number of carbonyl (C=O) groups excluding carboxylic acids is 1. The normalized spacial score (nSPS) is 16.8. The Labute approximate surface area is 127 Å². The molecule has 7 heteroatoms. The largest absolute Gasteiger partial charge is 0.465 e. The number of aromatic nitrogens is 3. The van der Waals surface area contributed by atoms with Gasteiger partial charge in [0.15, 0.2) is 5.13 Å². The third-order valence-corrected chi connectivity index (χ3v) is 4.57. The van der Waals surface area contributed by atoms with Gasteiger partial charge in [-0.05, 0) is 25.8 Å². The number of thiazole rings is 1. The zero-order valence-corrected chi connectivity index (χ0v) is 12.9. The SMILES string of the molecule is CCOC(=O)C1CCc2sc(NCc3ccn(C)n3)nc21. The van der Waals surface area contributed by atoms with E-state index in [-0.39, 0.29) is 11.9 Å². The molecule has 0 saturated heterocycles. The van der Waals surface area contributed by atoms with E-state index >= 15 is 0 Å². The minimum atomic E-state index is -0.193. The van der Waals surface area contributed by atoms with Gasteiger partial charge in [-0.3, -0.25) is 9.48 Å². The second-order valence-corrected chi connectivity index (χ2v) is 6.09. The molecule has 0 fully saturated rings. The predicted octanol–water partition coefficient (Wildman–Crippen LogP) is 2.08. The molecule has 0 radical (unpaired) electrons. The first-order valence-corrected chi connectivity index (χ1v) is 7.87. The van der Waals surface area contributed by atoms with Crippen LogP contribution in [0.15, 0.2) is 12.3 Å². The number of carbonyl (C=O) groups is 1. The number of nitrogens with one attached hydrogen (secondary N) is 1. The van der Waals surface area contributed by atoms with Crippen LogP contribution in [0, 0.1) is 0 Å². The molecular weight excluding hydrogens is 288 g/mol. The highest BCUT2D eigenvalue weighted by Crippen LogP contribution is 2.38. The average Bonchev–Trinajstić information content (AvgIpc) is 3.11. The van der Waals surface area contributed by atoms with Crippen molar-refractivity contribution >= 4 is 22.4 Å². The average molecular weight is 306 g/mol. The molecule has 21 heavy (non-hydrogen) atoms. The van der Waals surface area contributed by atoms with Gasteiger partial charge in [0.2, 0.25) is 0 Å². The van der Waals surface area contributed by atoms with Gasteiger partial charge in [-0.15, -0.1) is 11.3 Å². The van der Waals surface area contributed by atoms with E-state index in [1.54, 1.807) is 16.0 Å². The summed E-state index contributed by atoms with van der Waals surface area (Å²) >= 11 is 1.62. The molecule has 2 aromatic heterocycles. The number of hydrogen-bond acceptors (Lipinski definition) is 6. The molecule has 0 spiro atoms. The lowest BCUT2D eigenvalue weighted by Crippen LogP contribution is -2.14. The second kappa shape index (κ2) is 5.85. The van der Waals surface area contributed by atoms with Crippen LogP contribution in [0.25, 0.3) is 0 Å². The molecule has 1 unspecified atom stereocenters. The highest BCUT2D eigenvalue weighted by atomic mass is 32.1. The molecule has 0 bridgehead atoms. The first-order chi connectivity index (χ1) is 10.2. The molecule has 1 aliphatic rings. The Hall–Kier alpha value is -1.89. The van der Waals surface area contributed by atoms with Gasteiger partial charge in [-0.25, -0.2) is 4.98 Å². The van der Waals surface area contributed by atoms with Crippen molar-refractivity contribution in [3.63, 3.8) is 0 Å². The van der Waals surface area contributed by atoms with Gasteiger partial charge in [0.25, 0.3) is 0 Å². The van der Waals surface area contributed by atoms with Crippen LogP contribution in [-0.2, 0) is 29.5 Å². The number of nitrogens with zero attached hydrogens (tertiary/aromatic N) is 3. The lowest BCUT2D eigenvalue weighted by atomic mass is 10.1. The number of ether oxygens (including phenoxy) is 1. The van der Waals surface area contributed by atoms with Crippen LogP contribution in [0.1, 0.15) is 35.5 Å². The van der Waals surface area contributed by atoms with E-state index in [1.807, 2.05) is 26.2 Å². The van der Waals surface area contributed by atoms with Gasteiger partial charge in [0.05, 0.1) is 24.5 Å². The van der Waals surface area contributed by atoms with E-state index in [2.05, 4.69) is 15.4 Å². The number of esters is 1. The molecular formula is C14H18N4O2S. The molecule has 1 N–H and O–H groups in total. The van der Waals surface area contributed by atoms with Crippen molar-refractivity contribution < 1.29 is 9.53 Å². The van der Waals surface area contributed by atoms with Gasteiger partial charge < -0.3 is 10.1 Å². The molecule has 1 atom stereocenters. The molecule has 0 aromatic carbocycles. The maximum absolute atomic E-state index is 11.9. The summed E-state index contributed by atoms with van der Waals surface area (Å²) < 4.78 is 6.89. The van der Waals surface area contributed by atoms with E-state index < -0.39 is 0 Å². The van der Waals surface area contributed by atoms with Crippen molar-refractivity contribution in [1.82, 2.24) is 14.8 Å². The number of anilines is 1. The predicted molar refractivity (Wildman–Crippen MR) is 80.3 cm³/mol. The summed E-state index contributed by atoms with van der Waals surface area (Å²) in [4.78, 5) is 17.7. The summed E-state index contributed by atoms with van der Waals surface area (Å²) in [6.45, 7) is 2.88. The maximum Gasteiger partial charge on any atom is 0.315 e. The van der Waals surface area contributed by atoms with Crippen LogP contribution in [0.5, 0.6) is 0 Å². The van der Waals surface area contributed by atoms with Crippen LogP contribution in [-0.4, -0.2) is 27.3 Å². The smallest absolute Gasteiger partial charge is 0.315 e. The van der Waals surface area contributed by atoms with Crippen molar-refractivity contribution in [2.45, 2.75) is 32.2 Å². The maximum atomic E-state index is 11.9. The Balaban J connectivity index is 1.67. The first-order valence-electron chi connectivity index (χ1n) is 7.06. The Kier molecular flexibility index (Phi) is 3.92. The molecule has 0 aliphatic heterocycles. The summed E-state index contributed by atoms with van der Waals surface area (Å²) in [6, 6.07) is 1.97. The number of rotatable bonds is 5. The Morgan fingerprint density at radius 3 is 3.19 bits per heavy atom. The van der Waals surface area contributed by atoms with Crippen molar-refractivity contribution in [2.24, 2.45) is 7.05 Å². The molecule has 2 aromatic rings. The minimum Gasteiger partial charge on any atom is -0.465 e. The second-order valence-electron chi connectivity index (χ2n) is 5.01. The van der Waals surface area contributed by atoms with Crippen molar-refractivity contribution in [3.8, 4) is 0 Å². The Bertz CT molecular complexity index is 649. The van der Waals surface area contributed by atoms with E-state index in [9.17, 15) is 4.79 Å². The van der Waals surface area contributed by atoms with E-state index in [0.717, 1.165) is 29.4 Å². The van der Waals surface area contributed by atoms with Crippen LogP contribution in [0.3, 0.4) is 0 Å². The van der Waals surface area contributed by atoms with Gasteiger partial charge in [-0.1, -0.05) is 0 Å². The lowest BCUT2D eigenvalue weighted by Gasteiger charge is -2.07. The van der Waals surface area contributed by atoms with Crippen molar-refractivity contribution in [3.05, 3.63) is 28.5 Å². The van der Waals surface area contributed by atoms with E-state index in [1.165, 1.54) is 4.88 Å². The molecule has 3 rings (SSSR count). The molecule has 1 aliphatic carbocycles. The third kappa shape index (κ3) is 2.92. The van der Waals surface area contributed by atoms with Crippen LogP contribution in [0.2, 0.25) is 0 Å². The first kappa shape index (κ1) is 14.1. The molecule has 0 amide bonds. The third-order valence-electron chi connectivity index (χ3n) is 3.48. The van der Waals surface area contributed by atoms with Crippen molar-refractivity contribution in [2.75, 3.05) is 11.9 Å².